The van der Waals surface area contributed by atoms with Crippen molar-refractivity contribution in [3.8, 4) is 5.75 Å². The quantitative estimate of drug-likeness (QED) is 0.705. The van der Waals surface area contributed by atoms with Gasteiger partial charge in [0.25, 0.3) is 5.91 Å². The SMILES string of the molecule is CCOc1ccccc1[C@H]1NC(=O)NC(C)=C1C(=O)NCc1snnc1C. The molecule has 3 N–H and O–H groups in total. The van der Waals surface area contributed by atoms with E-state index >= 15 is 0 Å². The molecule has 3 amide bonds. The first-order valence-electron chi connectivity index (χ1n) is 8.57. The van der Waals surface area contributed by atoms with Gasteiger partial charge < -0.3 is 20.7 Å². The number of allylic oxidation sites excluding steroid dienone is 1. The number of carbonyl (C=O) groups is 2. The Morgan fingerprint density at radius 3 is 2.81 bits per heavy atom. The molecule has 1 aromatic carbocycles. The molecule has 142 valence electrons. The van der Waals surface area contributed by atoms with E-state index in [-0.39, 0.29) is 11.9 Å². The third kappa shape index (κ3) is 4.08. The average molecular weight is 387 g/mol. The van der Waals surface area contributed by atoms with Crippen molar-refractivity contribution in [3.05, 3.63) is 51.7 Å². The highest BCUT2D eigenvalue weighted by Gasteiger charge is 2.32. The maximum atomic E-state index is 12.9. The summed E-state index contributed by atoms with van der Waals surface area (Å²) >= 11 is 1.25. The minimum absolute atomic E-state index is 0.274. The molecule has 3 rings (SSSR count). The fraction of sp³-hybridized carbons (Fsp3) is 0.333. The van der Waals surface area contributed by atoms with Gasteiger partial charge in [-0.1, -0.05) is 22.7 Å². The van der Waals surface area contributed by atoms with Crippen molar-refractivity contribution in [1.82, 2.24) is 25.5 Å². The Morgan fingerprint density at radius 2 is 2.11 bits per heavy atom. The third-order valence-corrected chi connectivity index (χ3v) is 5.02. The van der Waals surface area contributed by atoms with Crippen LogP contribution in [-0.4, -0.2) is 28.1 Å². The highest BCUT2D eigenvalue weighted by molar-refractivity contribution is 7.05. The highest BCUT2D eigenvalue weighted by Crippen LogP contribution is 2.33. The van der Waals surface area contributed by atoms with Gasteiger partial charge in [-0.15, -0.1) is 5.10 Å². The minimum atomic E-state index is -0.609. The van der Waals surface area contributed by atoms with Gasteiger partial charge in [-0.2, -0.15) is 0 Å². The van der Waals surface area contributed by atoms with E-state index in [1.54, 1.807) is 6.92 Å². The number of aryl methyl sites for hydroxylation is 1. The second-order valence-electron chi connectivity index (χ2n) is 6.01. The zero-order chi connectivity index (χ0) is 19.4. The second-order valence-corrected chi connectivity index (χ2v) is 6.84. The molecule has 0 unspecified atom stereocenters. The summed E-state index contributed by atoms with van der Waals surface area (Å²) in [4.78, 5) is 25.9. The Kier molecular flexibility index (Phi) is 5.70. The van der Waals surface area contributed by atoms with Crippen LogP contribution in [-0.2, 0) is 11.3 Å². The molecule has 0 fully saturated rings. The first kappa shape index (κ1) is 18.8. The number of hydrogen-bond donors (Lipinski definition) is 3. The Balaban J connectivity index is 1.90. The Morgan fingerprint density at radius 1 is 1.33 bits per heavy atom. The van der Waals surface area contributed by atoms with Crippen molar-refractivity contribution in [2.24, 2.45) is 0 Å². The summed E-state index contributed by atoms with van der Waals surface area (Å²) in [6, 6.07) is 6.41. The second kappa shape index (κ2) is 8.17. The Bertz CT molecular complexity index is 893. The molecule has 1 aliphatic heterocycles. The number of carbonyl (C=O) groups excluding carboxylic acids is 2. The molecule has 1 aliphatic rings. The number of benzene rings is 1. The number of nitrogens with zero attached hydrogens (tertiary/aromatic N) is 2. The topological polar surface area (TPSA) is 105 Å². The molecule has 0 radical (unpaired) electrons. The van der Waals surface area contributed by atoms with Crippen LogP contribution in [0.4, 0.5) is 4.79 Å². The lowest BCUT2D eigenvalue weighted by molar-refractivity contribution is -0.118. The van der Waals surface area contributed by atoms with Crippen LogP contribution in [0.25, 0.3) is 0 Å². The van der Waals surface area contributed by atoms with Crippen LogP contribution in [0.5, 0.6) is 5.75 Å². The summed E-state index contributed by atoms with van der Waals surface area (Å²) in [7, 11) is 0. The minimum Gasteiger partial charge on any atom is -0.494 e. The number of aromatic nitrogens is 2. The van der Waals surface area contributed by atoms with Gasteiger partial charge in [0, 0.05) is 11.3 Å². The first-order valence-corrected chi connectivity index (χ1v) is 9.34. The van der Waals surface area contributed by atoms with E-state index in [1.165, 1.54) is 11.5 Å². The summed E-state index contributed by atoms with van der Waals surface area (Å²) < 4.78 is 9.56. The normalized spacial score (nSPS) is 16.6. The predicted molar refractivity (Wildman–Crippen MR) is 101 cm³/mol. The van der Waals surface area contributed by atoms with Crippen LogP contribution >= 0.6 is 11.5 Å². The fourth-order valence-electron chi connectivity index (χ4n) is 2.90. The molecule has 9 heteroatoms. The van der Waals surface area contributed by atoms with Gasteiger partial charge in [-0.3, -0.25) is 4.79 Å². The highest BCUT2D eigenvalue weighted by atomic mass is 32.1. The molecule has 1 aromatic heterocycles. The molecular formula is C18H21N5O3S. The summed E-state index contributed by atoms with van der Waals surface area (Å²) in [5.74, 6) is 0.358. The monoisotopic (exact) mass is 387 g/mol. The van der Waals surface area contributed by atoms with E-state index in [2.05, 4.69) is 25.5 Å². The number of para-hydroxylation sites is 1. The van der Waals surface area contributed by atoms with Gasteiger partial charge in [0.1, 0.15) is 5.75 Å². The smallest absolute Gasteiger partial charge is 0.319 e. The van der Waals surface area contributed by atoms with Crippen molar-refractivity contribution in [1.29, 1.82) is 0 Å². The van der Waals surface area contributed by atoms with Crippen molar-refractivity contribution in [2.45, 2.75) is 33.4 Å². The van der Waals surface area contributed by atoms with Gasteiger partial charge in [-0.05, 0) is 38.4 Å². The van der Waals surface area contributed by atoms with E-state index in [9.17, 15) is 9.59 Å². The van der Waals surface area contributed by atoms with Gasteiger partial charge >= 0.3 is 6.03 Å². The Labute approximate surface area is 161 Å². The van der Waals surface area contributed by atoms with Crippen LogP contribution in [0, 0.1) is 6.92 Å². The summed E-state index contributed by atoms with van der Waals surface area (Å²) in [6.45, 7) is 6.26. The third-order valence-electron chi connectivity index (χ3n) is 4.20. The summed E-state index contributed by atoms with van der Waals surface area (Å²) in [5.41, 5.74) is 2.47. The average Bonchev–Trinajstić information content (AvgIpc) is 3.05. The van der Waals surface area contributed by atoms with Crippen molar-refractivity contribution < 1.29 is 14.3 Å². The molecular weight excluding hydrogens is 366 g/mol. The van der Waals surface area contributed by atoms with Crippen LogP contribution in [0.1, 0.15) is 36.0 Å². The molecule has 1 atom stereocenters. The van der Waals surface area contributed by atoms with Crippen LogP contribution in [0.3, 0.4) is 0 Å². The van der Waals surface area contributed by atoms with Crippen molar-refractivity contribution in [2.75, 3.05) is 6.61 Å². The standard InChI is InChI=1S/C18H21N5O3S/c1-4-26-13-8-6-5-7-12(13)16-15(11(3)20-18(25)21-16)17(24)19-9-14-10(2)22-23-27-14/h5-8,16H,4,9H2,1-3H3,(H,19,24)(H2,20,21,25)/t16-/m1/s1. The molecule has 0 saturated heterocycles. The van der Waals surface area contributed by atoms with Crippen LogP contribution in [0.15, 0.2) is 35.5 Å². The van der Waals surface area contributed by atoms with Gasteiger partial charge in [0.2, 0.25) is 0 Å². The molecule has 0 spiro atoms. The molecule has 0 bridgehead atoms. The number of nitrogens with one attached hydrogen (secondary N) is 3. The zero-order valence-electron chi connectivity index (χ0n) is 15.3. The lowest BCUT2D eigenvalue weighted by Crippen LogP contribution is -2.47. The molecule has 2 heterocycles. The van der Waals surface area contributed by atoms with Crippen molar-refractivity contribution >= 4 is 23.5 Å². The summed E-state index contributed by atoms with van der Waals surface area (Å²) in [5, 5.41) is 12.3. The lowest BCUT2D eigenvalue weighted by atomic mass is 9.94. The molecule has 27 heavy (non-hydrogen) atoms. The number of rotatable bonds is 6. The molecule has 0 aliphatic carbocycles. The van der Waals surface area contributed by atoms with Gasteiger partial charge in [0.15, 0.2) is 0 Å². The van der Waals surface area contributed by atoms with Crippen molar-refractivity contribution in [3.63, 3.8) is 0 Å². The lowest BCUT2D eigenvalue weighted by Gasteiger charge is -2.29. The summed E-state index contributed by atoms with van der Waals surface area (Å²) in [6.07, 6.45) is 0. The van der Waals surface area contributed by atoms with E-state index in [0.29, 0.717) is 30.2 Å². The molecule has 8 nitrogen and oxygen atoms in total. The predicted octanol–water partition coefficient (Wildman–Crippen LogP) is 2.19. The van der Waals surface area contributed by atoms with E-state index in [0.717, 1.165) is 16.1 Å². The maximum absolute atomic E-state index is 12.9. The van der Waals surface area contributed by atoms with E-state index < -0.39 is 6.04 Å². The number of urea groups is 1. The Hall–Kier alpha value is -2.94. The number of hydrogen-bond acceptors (Lipinski definition) is 6. The molecule has 2 aromatic rings. The fourth-order valence-corrected chi connectivity index (χ4v) is 3.47. The first-order chi connectivity index (χ1) is 13.0. The van der Waals surface area contributed by atoms with Gasteiger partial charge in [-0.25, -0.2) is 4.79 Å². The van der Waals surface area contributed by atoms with E-state index in [4.69, 9.17) is 4.74 Å². The van der Waals surface area contributed by atoms with Crippen LogP contribution in [0.2, 0.25) is 0 Å². The zero-order valence-corrected chi connectivity index (χ0v) is 16.1. The number of ether oxygens (including phenoxy) is 1. The maximum Gasteiger partial charge on any atom is 0.319 e. The molecule has 0 saturated carbocycles. The van der Waals surface area contributed by atoms with Gasteiger partial charge in [0.05, 0.1) is 35.3 Å². The van der Waals surface area contributed by atoms with Crippen LogP contribution < -0.4 is 20.7 Å². The number of amides is 3. The largest absolute Gasteiger partial charge is 0.494 e. The van der Waals surface area contributed by atoms with E-state index in [1.807, 2.05) is 38.1 Å².